The van der Waals surface area contributed by atoms with Gasteiger partial charge in [0.25, 0.3) is 0 Å². The summed E-state index contributed by atoms with van der Waals surface area (Å²) in [7, 11) is 0. The number of hydrogen-bond donors (Lipinski definition) is 1. The van der Waals surface area contributed by atoms with Gasteiger partial charge in [0.1, 0.15) is 0 Å². The average molecular weight is 279 g/mol. The first kappa shape index (κ1) is 14.0. The monoisotopic (exact) mass is 279 g/mol. The Morgan fingerprint density at radius 3 is 2.40 bits per heavy atom. The number of para-hydroxylation sites is 1. The van der Waals surface area contributed by atoms with E-state index in [1.165, 1.54) is 18.2 Å². The highest BCUT2D eigenvalue weighted by Crippen LogP contribution is 2.34. The molecule has 0 amide bonds. The SMILES string of the molecule is C/C(=N/Nc1ccccc1C(F)(F)F)c1ccncc1. The molecule has 0 unspecified atom stereocenters. The highest BCUT2D eigenvalue weighted by atomic mass is 19.4. The predicted octanol–water partition coefficient (Wildman–Crippen LogP) is 3.94. The van der Waals surface area contributed by atoms with Crippen molar-refractivity contribution >= 4 is 11.4 Å². The van der Waals surface area contributed by atoms with Gasteiger partial charge in [0.05, 0.1) is 17.0 Å². The van der Waals surface area contributed by atoms with Crippen molar-refractivity contribution in [2.75, 3.05) is 5.43 Å². The van der Waals surface area contributed by atoms with Gasteiger partial charge >= 0.3 is 6.18 Å². The first-order valence-electron chi connectivity index (χ1n) is 5.85. The largest absolute Gasteiger partial charge is 0.418 e. The second kappa shape index (κ2) is 5.73. The number of hydrogen-bond acceptors (Lipinski definition) is 3. The van der Waals surface area contributed by atoms with Crippen LogP contribution in [0.5, 0.6) is 0 Å². The van der Waals surface area contributed by atoms with E-state index in [1.807, 2.05) is 0 Å². The summed E-state index contributed by atoms with van der Waals surface area (Å²) in [4.78, 5) is 3.87. The van der Waals surface area contributed by atoms with E-state index in [4.69, 9.17) is 0 Å². The van der Waals surface area contributed by atoms with E-state index in [0.29, 0.717) is 5.71 Å². The van der Waals surface area contributed by atoms with E-state index in [1.54, 1.807) is 31.5 Å². The van der Waals surface area contributed by atoms with Crippen LogP contribution in [0.25, 0.3) is 0 Å². The van der Waals surface area contributed by atoms with Crippen molar-refractivity contribution < 1.29 is 13.2 Å². The number of anilines is 1. The molecule has 6 heteroatoms. The minimum Gasteiger partial charge on any atom is -0.278 e. The maximum Gasteiger partial charge on any atom is 0.418 e. The van der Waals surface area contributed by atoms with Gasteiger partial charge in [-0.2, -0.15) is 18.3 Å². The van der Waals surface area contributed by atoms with Crippen molar-refractivity contribution in [3.63, 3.8) is 0 Å². The van der Waals surface area contributed by atoms with Crippen LogP contribution in [-0.2, 0) is 6.18 Å². The van der Waals surface area contributed by atoms with Gasteiger partial charge < -0.3 is 0 Å². The van der Waals surface area contributed by atoms with Crippen molar-refractivity contribution in [1.29, 1.82) is 0 Å². The van der Waals surface area contributed by atoms with Crippen molar-refractivity contribution in [3.8, 4) is 0 Å². The van der Waals surface area contributed by atoms with Crippen LogP contribution in [0, 0.1) is 0 Å². The molecule has 0 saturated carbocycles. The summed E-state index contributed by atoms with van der Waals surface area (Å²) in [6.07, 6.45) is -1.22. The van der Waals surface area contributed by atoms with E-state index in [0.717, 1.165) is 11.6 Å². The number of alkyl halides is 3. The molecule has 0 bridgehead atoms. The molecule has 1 aromatic heterocycles. The highest BCUT2D eigenvalue weighted by Gasteiger charge is 2.33. The van der Waals surface area contributed by atoms with Gasteiger partial charge in [-0.3, -0.25) is 10.4 Å². The predicted molar refractivity (Wildman–Crippen MR) is 71.5 cm³/mol. The van der Waals surface area contributed by atoms with E-state index in [-0.39, 0.29) is 5.69 Å². The summed E-state index contributed by atoms with van der Waals surface area (Å²) in [5, 5.41) is 3.98. The topological polar surface area (TPSA) is 37.3 Å². The maximum atomic E-state index is 12.8. The number of halogens is 3. The van der Waals surface area contributed by atoms with Crippen LogP contribution in [0.15, 0.2) is 53.9 Å². The third kappa shape index (κ3) is 3.34. The number of nitrogens with one attached hydrogen (secondary N) is 1. The Hall–Kier alpha value is -2.37. The molecule has 104 valence electrons. The summed E-state index contributed by atoms with van der Waals surface area (Å²) in [5.41, 5.74) is 3.01. The Morgan fingerprint density at radius 2 is 1.75 bits per heavy atom. The number of nitrogens with zero attached hydrogens (tertiary/aromatic N) is 2. The molecule has 3 nitrogen and oxygen atoms in total. The number of rotatable bonds is 3. The molecule has 1 heterocycles. The standard InChI is InChI=1S/C14H12F3N3/c1-10(11-6-8-18-9-7-11)19-20-13-5-3-2-4-12(13)14(15,16)17/h2-9,20H,1H3/b19-10-. The minimum absolute atomic E-state index is 0.0755. The number of aromatic nitrogens is 1. The molecule has 1 aromatic carbocycles. The Bertz CT molecular complexity index is 607. The first-order valence-corrected chi connectivity index (χ1v) is 5.85. The van der Waals surface area contributed by atoms with Crippen molar-refractivity contribution in [1.82, 2.24) is 4.98 Å². The fraction of sp³-hybridized carbons (Fsp3) is 0.143. The lowest BCUT2D eigenvalue weighted by Crippen LogP contribution is -2.09. The van der Waals surface area contributed by atoms with Crippen molar-refractivity contribution in [2.45, 2.75) is 13.1 Å². The van der Waals surface area contributed by atoms with E-state index < -0.39 is 11.7 Å². The van der Waals surface area contributed by atoms with Gasteiger partial charge in [0, 0.05) is 18.0 Å². The van der Waals surface area contributed by atoms with E-state index in [9.17, 15) is 13.2 Å². The van der Waals surface area contributed by atoms with Crippen molar-refractivity contribution in [2.24, 2.45) is 5.10 Å². The van der Waals surface area contributed by atoms with Gasteiger partial charge in [0.2, 0.25) is 0 Å². The zero-order valence-corrected chi connectivity index (χ0v) is 10.6. The quantitative estimate of drug-likeness (QED) is 0.682. The molecule has 0 aliphatic heterocycles. The molecule has 0 radical (unpaired) electrons. The lowest BCUT2D eigenvalue weighted by atomic mass is 10.2. The van der Waals surface area contributed by atoms with E-state index >= 15 is 0 Å². The summed E-state index contributed by atoms with van der Waals surface area (Å²) >= 11 is 0. The average Bonchev–Trinajstić information content (AvgIpc) is 2.45. The van der Waals surface area contributed by atoms with Crippen LogP contribution in [0.3, 0.4) is 0 Å². The Labute approximate surface area is 114 Å². The van der Waals surface area contributed by atoms with Crippen molar-refractivity contribution in [3.05, 3.63) is 59.9 Å². The lowest BCUT2D eigenvalue weighted by molar-refractivity contribution is -0.136. The van der Waals surface area contributed by atoms with Crippen LogP contribution >= 0.6 is 0 Å². The maximum absolute atomic E-state index is 12.8. The molecular formula is C14H12F3N3. The van der Waals surface area contributed by atoms with Crippen LogP contribution in [-0.4, -0.2) is 10.7 Å². The molecular weight excluding hydrogens is 267 g/mol. The summed E-state index contributed by atoms with van der Waals surface area (Å²) in [6.45, 7) is 1.71. The van der Waals surface area contributed by atoms with Crippen LogP contribution in [0.1, 0.15) is 18.1 Å². The molecule has 2 aromatic rings. The third-order valence-electron chi connectivity index (χ3n) is 2.67. The lowest BCUT2D eigenvalue weighted by Gasteiger charge is -2.12. The smallest absolute Gasteiger partial charge is 0.278 e. The van der Waals surface area contributed by atoms with Gasteiger partial charge in [-0.15, -0.1) is 0 Å². The Kier molecular flexibility index (Phi) is 4.02. The Balaban J connectivity index is 2.24. The van der Waals surface area contributed by atoms with Crippen LogP contribution in [0.4, 0.5) is 18.9 Å². The summed E-state index contributed by atoms with van der Waals surface area (Å²) in [6, 6.07) is 8.68. The fourth-order valence-corrected chi connectivity index (χ4v) is 1.63. The first-order chi connectivity index (χ1) is 9.48. The second-order valence-electron chi connectivity index (χ2n) is 4.09. The summed E-state index contributed by atoms with van der Waals surface area (Å²) < 4.78 is 38.4. The van der Waals surface area contributed by atoms with Gasteiger partial charge in [0.15, 0.2) is 0 Å². The highest BCUT2D eigenvalue weighted by molar-refractivity contribution is 5.98. The molecule has 0 saturated heterocycles. The normalized spacial score (nSPS) is 12.3. The molecule has 0 aliphatic rings. The molecule has 2 rings (SSSR count). The fourth-order valence-electron chi connectivity index (χ4n) is 1.63. The van der Waals surface area contributed by atoms with Gasteiger partial charge in [-0.25, -0.2) is 0 Å². The second-order valence-corrected chi connectivity index (χ2v) is 4.09. The zero-order valence-electron chi connectivity index (χ0n) is 10.6. The molecule has 0 atom stereocenters. The third-order valence-corrected chi connectivity index (χ3v) is 2.67. The van der Waals surface area contributed by atoms with E-state index in [2.05, 4.69) is 15.5 Å². The molecule has 0 spiro atoms. The number of hydrazone groups is 1. The molecule has 0 fully saturated rings. The Morgan fingerprint density at radius 1 is 1.10 bits per heavy atom. The number of pyridine rings is 1. The molecule has 1 N–H and O–H groups in total. The van der Waals surface area contributed by atoms with Crippen LogP contribution < -0.4 is 5.43 Å². The van der Waals surface area contributed by atoms with Gasteiger partial charge in [-0.1, -0.05) is 12.1 Å². The minimum atomic E-state index is -4.41. The molecule has 0 aliphatic carbocycles. The summed E-state index contributed by atoms with van der Waals surface area (Å²) in [5.74, 6) is 0. The molecule has 20 heavy (non-hydrogen) atoms. The number of benzene rings is 1. The van der Waals surface area contributed by atoms with Gasteiger partial charge in [-0.05, 0) is 31.2 Å². The van der Waals surface area contributed by atoms with Crippen LogP contribution in [0.2, 0.25) is 0 Å². The zero-order chi connectivity index (χ0) is 14.6.